The maximum atomic E-state index is 12.6. The van der Waals surface area contributed by atoms with Gasteiger partial charge in [-0.15, -0.1) is 0 Å². The third-order valence-corrected chi connectivity index (χ3v) is 15.7. The maximum Gasteiger partial charge on any atom is 0.315 e. The number of unbranched alkanes of at least 4 members (excludes halogenated alkanes) is 5. The van der Waals surface area contributed by atoms with Crippen molar-refractivity contribution in [1.82, 2.24) is 36.9 Å². The van der Waals surface area contributed by atoms with E-state index < -0.39 is 0 Å². The summed E-state index contributed by atoms with van der Waals surface area (Å²) in [5, 5.41) is 21.0. The van der Waals surface area contributed by atoms with Gasteiger partial charge in [-0.1, -0.05) is 37.5 Å². The number of nitrogens with one attached hydrogen (secondary N) is 8. The second kappa shape index (κ2) is 43.5. The molecule has 2 aromatic rings. The molecule has 3 aliphatic rings. The number of thioether (sulfide) groups is 1. The molecular formula is C60H96N8O15S. The number of aromatic amines is 1. The van der Waals surface area contributed by atoms with E-state index in [1.54, 1.807) is 0 Å². The molecule has 8 N–H and O–H groups in total. The second-order valence-electron chi connectivity index (χ2n) is 20.7. The van der Waals surface area contributed by atoms with Crippen LogP contribution in [0.1, 0.15) is 112 Å². The van der Waals surface area contributed by atoms with Crippen LogP contribution in [0.25, 0.3) is 11.6 Å². The van der Waals surface area contributed by atoms with Crippen LogP contribution in [-0.4, -0.2) is 209 Å². The van der Waals surface area contributed by atoms with Gasteiger partial charge in [-0.25, -0.2) is 4.79 Å². The van der Waals surface area contributed by atoms with E-state index >= 15 is 0 Å². The zero-order valence-corrected chi connectivity index (χ0v) is 50.6. The first-order valence-electron chi connectivity index (χ1n) is 30.3. The van der Waals surface area contributed by atoms with Crippen molar-refractivity contribution in [2.45, 2.75) is 121 Å². The molecule has 5 rings (SSSR count). The molecule has 1 aromatic carbocycles. The molecule has 472 valence electrons. The number of H-pyrrole nitrogens is 1. The Hall–Kier alpha value is -5.15. The molecule has 84 heavy (non-hydrogen) atoms. The van der Waals surface area contributed by atoms with Gasteiger partial charge in [-0.3, -0.25) is 24.0 Å². The fourth-order valence-electron chi connectivity index (χ4n) is 9.64. The van der Waals surface area contributed by atoms with Gasteiger partial charge in [0.05, 0.1) is 137 Å². The number of urea groups is 1. The molecule has 3 aliphatic heterocycles. The summed E-state index contributed by atoms with van der Waals surface area (Å²) >= 11 is 1.90. The minimum Gasteiger partial charge on any atom is -0.377 e. The number of hydrogen-bond acceptors (Lipinski definition) is 16. The van der Waals surface area contributed by atoms with Gasteiger partial charge in [0.1, 0.15) is 0 Å². The van der Waals surface area contributed by atoms with E-state index in [1.807, 2.05) is 56.0 Å². The Morgan fingerprint density at radius 1 is 0.536 bits per heavy atom. The predicted octanol–water partition coefficient (Wildman–Crippen LogP) is 4.52. The normalized spacial score (nSPS) is 16.5. The molecule has 0 saturated carbocycles. The average Bonchev–Trinajstić information content (AvgIpc) is 3.73. The Morgan fingerprint density at radius 2 is 0.976 bits per heavy atom. The van der Waals surface area contributed by atoms with Crippen LogP contribution < -0.4 is 37.2 Å². The first-order valence-corrected chi connectivity index (χ1v) is 31.4. The zero-order chi connectivity index (χ0) is 59.7. The minimum absolute atomic E-state index is 0.0110. The smallest absolute Gasteiger partial charge is 0.315 e. The predicted molar refractivity (Wildman–Crippen MR) is 322 cm³/mol. The van der Waals surface area contributed by atoms with Crippen LogP contribution in [0.5, 0.6) is 0 Å². The SMILES string of the molecule is Cc1[nH]c(/C=C2\C(=O)Nc3ccccc32)c(C)c1CCC(=O)NCCOCCOCCOCCOCCOCCOCCOCCOCCOCCNC(=O)CCCCCNC(=O)CCCCCNC(=O)CCCC[C@@H]1SC[C@@H]2NC(=O)N[C@@H]21. The molecule has 4 heterocycles. The molecule has 1 aromatic heterocycles. The lowest BCUT2D eigenvalue weighted by molar-refractivity contribution is -0.122. The highest BCUT2D eigenvalue weighted by Crippen LogP contribution is 2.35. The molecule has 0 unspecified atom stereocenters. The molecular weight excluding hydrogens is 1100 g/mol. The third-order valence-electron chi connectivity index (χ3n) is 14.2. The summed E-state index contributed by atoms with van der Waals surface area (Å²) in [5.41, 5.74) is 6.29. The van der Waals surface area contributed by atoms with Crippen molar-refractivity contribution < 1.29 is 71.4 Å². The van der Waals surface area contributed by atoms with Crippen molar-refractivity contribution in [3.63, 3.8) is 0 Å². The molecule has 7 amide bonds. The Morgan fingerprint density at radius 3 is 1.48 bits per heavy atom. The van der Waals surface area contributed by atoms with Gasteiger partial charge in [0.2, 0.25) is 23.6 Å². The Bertz CT molecular complexity index is 2270. The number of ether oxygens (including phenoxy) is 9. The number of aryl methyl sites for hydroxylation is 1. The maximum absolute atomic E-state index is 12.6. The summed E-state index contributed by atoms with van der Waals surface area (Å²) in [5.74, 6) is 0.880. The first-order chi connectivity index (χ1) is 41.1. The molecule has 0 spiro atoms. The van der Waals surface area contributed by atoms with Crippen molar-refractivity contribution in [2.24, 2.45) is 0 Å². The van der Waals surface area contributed by atoms with E-state index in [-0.39, 0.29) is 47.7 Å². The summed E-state index contributed by atoms with van der Waals surface area (Å²) in [6.45, 7) is 14.0. The lowest BCUT2D eigenvalue weighted by Gasteiger charge is -2.16. The van der Waals surface area contributed by atoms with Crippen LogP contribution in [0.2, 0.25) is 0 Å². The Kier molecular flexibility index (Phi) is 36.0. The average molecular weight is 1200 g/mol. The number of amides is 7. The standard InChI is InChI=1S/C60H96N8O15S/c1-45-47(46(2)65-51(45)43-49-48-13-7-8-14-50(48)66-59(49)73)19-20-57(72)64-24-26-76-28-30-78-32-34-80-36-38-82-40-42-83-41-39-81-37-35-79-33-31-77-29-27-75-25-23-63-56(71)17-6-4-12-21-61-54(69)16-5-3-11-22-62-55(70)18-10-9-15-53-58-52(44-84-53)67-60(74)68-58/h7-8,13-14,43,52-53,58,65H,3-6,9-12,15-42,44H2,1-2H3,(H,61,69)(H,62,70)(H,63,71)(H,64,72)(H,66,73)(H2,67,68,74)/b49-43-/t52-,53-,58-/m0/s1. The van der Waals surface area contributed by atoms with E-state index in [4.69, 9.17) is 42.6 Å². The number of anilines is 1. The monoisotopic (exact) mass is 1200 g/mol. The molecule has 3 atom stereocenters. The molecule has 0 radical (unpaired) electrons. The van der Waals surface area contributed by atoms with Gasteiger partial charge >= 0.3 is 6.03 Å². The number of benzene rings is 1. The largest absolute Gasteiger partial charge is 0.377 e. The number of para-hydroxylation sites is 1. The number of rotatable bonds is 51. The number of carbonyl (C=O) groups is 6. The van der Waals surface area contributed by atoms with E-state index in [0.29, 0.717) is 188 Å². The van der Waals surface area contributed by atoms with Gasteiger partial charge < -0.3 is 84.8 Å². The van der Waals surface area contributed by atoms with Crippen molar-refractivity contribution in [3.8, 4) is 0 Å². The number of hydrogen-bond donors (Lipinski definition) is 8. The molecule has 2 saturated heterocycles. The van der Waals surface area contributed by atoms with Crippen LogP contribution in [0.3, 0.4) is 0 Å². The third kappa shape index (κ3) is 29.3. The van der Waals surface area contributed by atoms with Crippen LogP contribution in [-0.2, 0) is 73.0 Å². The van der Waals surface area contributed by atoms with E-state index in [2.05, 4.69) is 42.2 Å². The summed E-state index contributed by atoms with van der Waals surface area (Å²) in [6, 6.07) is 8.01. The Balaban J connectivity index is 0.653. The van der Waals surface area contributed by atoms with Gasteiger partial charge in [0.25, 0.3) is 5.91 Å². The highest BCUT2D eigenvalue weighted by molar-refractivity contribution is 8.00. The van der Waals surface area contributed by atoms with Crippen LogP contribution in [0, 0.1) is 13.8 Å². The van der Waals surface area contributed by atoms with E-state index in [0.717, 1.165) is 97.3 Å². The fraction of sp³-hybridized carbons (Fsp3) is 0.700. The van der Waals surface area contributed by atoms with Gasteiger partial charge in [0.15, 0.2) is 0 Å². The van der Waals surface area contributed by atoms with Gasteiger partial charge in [0, 0.05) is 85.5 Å². The van der Waals surface area contributed by atoms with Crippen LogP contribution in [0.4, 0.5) is 10.5 Å². The number of aromatic nitrogens is 1. The van der Waals surface area contributed by atoms with E-state index in [1.165, 1.54) is 0 Å². The summed E-state index contributed by atoms with van der Waals surface area (Å²) < 4.78 is 49.9. The topological polar surface area (TPSA) is 285 Å². The molecule has 24 heteroatoms. The minimum atomic E-state index is -0.123. The number of carbonyl (C=O) groups excluding carboxylic acids is 6. The molecule has 23 nitrogen and oxygen atoms in total. The van der Waals surface area contributed by atoms with Crippen LogP contribution in [0.15, 0.2) is 24.3 Å². The first kappa shape index (κ1) is 69.6. The van der Waals surface area contributed by atoms with Gasteiger partial charge in [-0.2, -0.15) is 11.8 Å². The van der Waals surface area contributed by atoms with E-state index in [9.17, 15) is 28.8 Å². The van der Waals surface area contributed by atoms with Gasteiger partial charge in [-0.05, 0) is 82.1 Å². The second-order valence-corrected chi connectivity index (χ2v) is 22.0. The fourth-order valence-corrected chi connectivity index (χ4v) is 11.2. The van der Waals surface area contributed by atoms with Crippen LogP contribution >= 0.6 is 11.8 Å². The highest BCUT2D eigenvalue weighted by Gasteiger charge is 2.42. The van der Waals surface area contributed by atoms with Crippen molar-refractivity contribution >= 4 is 64.7 Å². The summed E-state index contributed by atoms with van der Waals surface area (Å²) in [7, 11) is 0. The van der Waals surface area contributed by atoms with Crippen molar-refractivity contribution in [1.29, 1.82) is 0 Å². The quantitative estimate of drug-likeness (QED) is 0.0257. The molecule has 0 aliphatic carbocycles. The highest BCUT2D eigenvalue weighted by atomic mass is 32.2. The molecule has 2 fully saturated rings. The lowest BCUT2D eigenvalue weighted by Crippen LogP contribution is -2.36. The summed E-state index contributed by atoms with van der Waals surface area (Å²) in [4.78, 5) is 76.5. The lowest BCUT2D eigenvalue weighted by atomic mass is 10.0. The number of fused-ring (bicyclic) bond motifs is 2. The van der Waals surface area contributed by atoms with Crippen molar-refractivity contribution in [3.05, 3.63) is 52.3 Å². The summed E-state index contributed by atoms with van der Waals surface area (Å²) in [6.07, 6.45) is 12.0. The molecule has 0 bridgehead atoms. The zero-order valence-electron chi connectivity index (χ0n) is 49.8. The Labute approximate surface area is 500 Å². The van der Waals surface area contributed by atoms with Crippen molar-refractivity contribution in [2.75, 3.05) is 156 Å².